The molecule has 0 bridgehead atoms. The maximum Gasteiger partial charge on any atom is 0.335 e. The highest BCUT2D eigenvalue weighted by Gasteiger charge is 2.34. The number of thioether (sulfide) groups is 1. The van der Waals surface area contributed by atoms with Gasteiger partial charge in [0.25, 0.3) is 5.91 Å². The number of anilines is 1. The van der Waals surface area contributed by atoms with Gasteiger partial charge in [0, 0.05) is 4.47 Å². The second-order valence-electron chi connectivity index (χ2n) is 5.38. The van der Waals surface area contributed by atoms with E-state index in [0.717, 1.165) is 15.6 Å². The Morgan fingerprint density at radius 2 is 1.92 bits per heavy atom. The highest BCUT2D eigenvalue weighted by molar-refractivity contribution is 9.10. The van der Waals surface area contributed by atoms with Crippen molar-refractivity contribution in [3.63, 3.8) is 0 Å². The van der Waals surface area contributed by atoms with E-state index in [9.17, 15) is 14.7 Å². The Kier molecular flexibility index (Phi) is 5.08. The lowest BCUT2D eigenvalue weighted by molar-refractivity contribution is -0.113. The van der Waals surface area contributed by atoms with Gasteiger partial charge < -0.3 is 5.11 Å². The minimum Gasteiger partial charge on any atom is -0.478 e. The molecule has 7 heteroatoms. The van der Waals surface area contributed by atoms with Gasteiger partial charge in [-0.15, -0.1) is 0 Å². The molecule has 0 aliphatic carbocycles. The maximum atomic E-state index is 12.8. The predicted octanol–water partition coefficient (Wildman–Crippen LogP) is 4.86. The number of nitrogens with zero attached hydrogens (tertiary/aromatic N) is 1. The summed E-state index contributed by atoms with van der Waals surface area (Å²) in [6.07, 6.45) is 1.78. The number of rotatable bonds is 3. The fourth-order valence-electron chi connectivity index (χ4n) is 2.37. The van der Waals surface area contributed by atoms with E-state index in [0.29, 0.717) is 14.9 Å². The van der Waals surface area contributed by atoms with Crippen LogP contribution in [-0.4, -0.2) is 21.3 Å². The number of amides is 1. The van der Waals surface area contributed by atoms with Crippen molar-refractivity contribution in [3.05, 3.63) is 68.5 Å². The minimum absolute atomic E-state index is 0.117. The molecule has 2 aromatic carbocycles. The lowest BCUT2D eigenvalue weighted by Crippen LogP contribution is -2.28. The Morgan fingerprint density at radius 1 is 1.24 bits per heavy atom. The van der Waals surface area contributed by atoms with Crippen LogP contribution in [0.4, 0.5) is 5.69 Å². The van der Waals surface area contributed by atoms with E-state index in [4.69, 9.17) is 12.2 Å². The van der Waals surface area contributed by atoms with Gasteiger partial charge in [0.1, 0.15) is 0 Å². The summed E-state index contributed by atoms with van der Waals surface area (Å²) in [6, 6.07) is 12.2. The Morgan fingerprint density at radius 3 is 2.56 bits per heavy atom. The van der Waals surface area contributed by atoms with Crippen molar-refractivity contribution in [3.8, 4) is 0 Å². The third-order valence-corrected chi connectivity index (χ3v) is 5.49. The molecule has 1 amide bonds. The summed E-state index contributed by atoms with van der Waals surface area (Å²) in [5.74, 6) is -1.29. The molecule has 126 valence electrons. The van der Waals surface area contributed by atoms with Crippen molar-refractivity contribution < 1.29 is 14.7 Å². The SMILES string of the molecule is Cc1ccc(C(=O)O)cc1N1C(=O)C(=Cc2ccc(Br)cc2)SC1=S. The van der Waals surface area contributed by atoms with Crippen LogP contribution < -0.4 is 4.90 Å². The first-order chi connectivity index (χ1) is 11.9. The van der Waals surface area contributed by atoms with E-state index >= 15 is 0 Å². The molecule has 4 nitrogen and oxygen atoms in total. The molecule has 1 N–H and O–H groups in total. The molecule has 1 aliphatic rings. The summed E-state index contributed by atoms with van der Waals surface area (Å²) in [5.41, 5.74) is 2.29. The van der Waals surface area contributed by atoms with E-state index in [1.165, 1.54) is 28.8 Å². The van der Waals surface area contributed by atoms with Crippen LogP contribution in [0.3, 0.4) is 0 Å². The zero-order valence-electron chi connectivity index (χ0n) is 13.0. The first-order valence-corrected chi connectivity index (χ1v) is 9.26. The number of aryl methyl sites for hydroxylation is 1. The zero-order chi connectivity index (χ0) is 18.1. The van der Waals surface area contributed by atoms with Gasteiger partial charge >= 0.3 is 5.97 Å². The van der Waals surface area contributed by atoms with Crippen molar-refractivity contribution >= 4 is 67.9 Å². The number of benzene rings is 2. The summed E-state index contributed by atoms with van der Waals surface area (Å²) < 4.78 is 1.34. The smallest absolute Gasteiger partial charge is 0.335 e. The molecule has 0 unspecified atom stereocenters. The number of carboxylic acid groups (broad SMARTS) is 1. The summed E-state index contributed by atoms with van der Waals surface area (Å²) in [5, 5.41) is 9.19. The van der Waals surface area contributed by atoms with Crippen LogP contribution in [0.15, 0.2) is 51.8 Å². The molecule has 1 heterocycles. The van der Waals surface area contributed by atoms with Crippen LogP contribution in [0.5, 0.6) is 0 Å². The quantitative estimate of drug-likeness (QED) is 0.552. The number of hydrogen-bond acceptors (Lipinski definition) is 4. The number of thiocarbonyl (C=S) groups is 1. The molecular formula is C18H12BrNO3S2. The molecule has 1 saturated heterocycles. The van der Waals surface area contributed by atoms with Gasteiger partial charge in [0.2, 0.25) is 0 Å². The van der Waals surface area contributed by atoms with E-state index in [1.807, 2.05) is 31.2 Å². The second kappa shape index (κ2) is 7.11. The van der Waals surface area contributed by atoms with Crippen LogP contribution >= 0.6 is 39.9 Å². The fraction of sp³-hybridized carbons (Fsp3) is 0.0556. The summed E-state index contributed by atoms with van der Waals surface area (Å²) >= 11 is 9.94. The molecule has 2 aromatic rings. The summed E-state index contributed by atoms with van der Waals surface area (Å²) in [6.45, 7) is 1.82. The number of carbonyl (C=O) groups excluding carboxylic acids is 1. The maximum absolute atomic E-state index is 12.8. The molecule has 0 spiro atoms. The van der Waals surface area contributed by atoms with Crippen LogP contribution in [0, 0.1) is 6.92 Å². The Balaban J connectivity index is 1.98. The van der Waals surface area contributed by atoms with Gasteiger partial charge in [-0.2, -0.15) is 0 Å². The number of carboxylic acids is 1. The molecule has 25 heavy (non-hydrogen) atoms. The third kappa shape index (κ3) is 3.68. The molecule has 3 rings (SSSR count). The fourth-order valence-corrected chi connectivity index (χ4v) is 3.92. The standard InChI is InChI=1S/C18H12BrNO3S2/c1-10-2-5-12(17(22)23)9-14(10)20-16(21)15(25-18(20)24)8-11-3-6-13(19)7-4-11/h2-9H,1H3,(H,22,23). The molecule has 0 aromatic heterocycles. The lowest BCUT2D eigenvalue weighted by atomic mass is 10.1. The molecule has 1 aliphatic heterocycles. The average Bonchev–Trinajstić information content (AvgIpc) is 2.84. The largest absolute Gasteiger partial charge is 0.478 e. The topological polar surface area (TPSA) is 57.6 Å². The average molecular weight is 434 g/mol. The van der Waals surface area contributed by atoms with E-state index in [2.05, 4.69) is 15.9 Å². The predicted molar refractivity (Wildman–Crippen MR) is 108 cm³/mol. The Bertz CT molecular complexity index is 922. The van der Waals surface area contributed by atoms with Crippen molar-refractivity contribution in [1.29, 1.82) is 0 Å². The van der Waals surface area contributed by atoms with E-state index in [-0.39, 0.29) is 11.5 Å². The van der Waals surface area contributed by atoms with Gasteiger partial charge in [-0.25, -0.2) is 4.79 Å². The first kappa shape index (κ1) is 17.8. The van der Waals surface area contributed by atoms with Crippen LogP contribution in [0.2, 0.25) is 0 Å². The van der Waals surface area contributed by atoms with E-state index in [1.54, 1.807) is 12.1 Å². The van der Waals surface area contributed by atoms with Gasteiger partial charge in [-0.1, -0.05) is 58.1 Å². The second-order valence-corrected chi connectivity index (χ2v) is 7.97. The minimum atomic E-state index is -1.04. The van der Waals surface area contributed by atoms with Gasteiger partial charge in [-0.3, -0.25) is 9.69 Å². The monoisotopic (exact) mass is 433 g/mol. The molecule has 0 saturated carbocycles. The van der Waals surface area contributed by atoms with E-state index < -0.39 is 5.97 Å². The van der Waals surface area contributed by atoms with Crippen molar-refractivity contribution in [2.24, 2.45) is 0 Å². The van der Waals surface area contributed by atoms with Crippen molar-refractivity contribution in [2.75, 3.05) is 4.90 Å². The Hall–Kier alpha value is -1.96. The highest BCUT2D eigenvalue weighted by atomic mass is 79.9. The number of hydrogen-bond donors (Lipinski definition) is 1. The number of halogens is 1. The lowest BCUT2D eigenvalue weighted by Gasteiger charge is -2.17. The number of aromatic carboxylic acids is 1. The van der Waals surface area contributed by atoms with Gasteiger partial charge in [0.05, 0.1) is 16.2 Å². The zero-order valence-corrected chi connectivity index (χ0v) is 16.2. The van der Waals surface area contributed by atoms with Crippen molar-refractivity contribution in [1.82, 2.24) is 0 Å². The first-order valence-electron chi connectivity index (χ1n) is 7.24. The number of carbonyl (C=O) groups is 2. The summed E-state index contributed by atoms with van der Waals surface area (Å²) in [4.78, 5) is 25.9. The van der Waals surface area contributed by atoms with Gasteiger partial charge in [0.15, 0.2) is 4.32 Å². The van der Waals surface area contributed by atoms with Crippen LogP contribution in [0.25, 0.3) is 6.08 Å². The van der Waals surface area contributed by atoms with Crippen molar-refractivity contribution in [2.45, 2.75) is 6.92 Å². The van der Waals surface area contributed by atoms with Gasteiger partial charge in [-0.05, 0) is 48.4 Å². The Labute approximate surface area is 162 Å². The summed E-state index contributed by atoms with van der Waals surface area (Å²) in [7, 11) is 0. The molecule has 0 radical (unpaired) electrons. The van der Waals surface area contributed by atoms with Crippen LogP contribution in [0.1, 0.15) is 21.5 Å². The molecule has 1 fully saturated rings. The molecule has 0 atom stereocenters. The normalized spacial score (nSPS) is 15.9. The van der Waals surface area contributed by atoms with Crippen LogP contribution in [-0.2, 0) is 4.79 Å². The third-order valence-electron chi connectivity index (χ3n) is 3.66. The molecular weight excluding hydrogens is 422 g/mol. The highest BCUT2D eigenvalue weighted by Crippen LogP contribution is 2.37.